The minimum atomic E-state index is -0.388. The molecular weight excluding hydrogens is 424 g/mol. The molecule has 4 aromatic rings. The third kappa shape index (κ3) is 6.84. The Kier molecular flexibility index (Phi) is 7.75. The van der Waals surface area contributed by atoms with Gasteiger partial charge in [-0.05, 0) is 60.5 Å². The Morgan fingerprint density at radius 2 is 1.38 bits per heavy atom. The molecule has 0 aromatic heterocycles. The summed E-state index contributed by atoms with van der Waals surface area (Å²) < 4.78 is 17.5. The first-order valence-corrected chi connectivity index (χ1v) is 11.2. The number of hydrogen-bond donors (Lipinski definition) is 0. The first-order valence-electron chi connectivity index (χ1n) is 11.2. The van der Waals surface area contributed by atoms with Crippen LogP contribution >= 0.6 is 0 Å². The Labute approximate surface area is 200 Å². The number of ether oxygens (including phenoxy) is 3. The van der Waals surface area contributed by atoms with Gasteiger partial charge in [0.2, 0.25) is 0 Å². The van der Waals surface area contributed by atoms with Gasteiger partial charge in [0.05, 0.1) is 6.61 Å². The van der Waals surface area contributed by atoms with Crippen molar-refractivity contribution in [2.45, 2.75) is 13.3 Å². The molecule has 0 unspecified atom stereocenters. The Morgan fingerprint density at radius 3 is 2.12 bits per heavy atom. The van der Waals surface area contributed by atoms with Crippen molar-refractivity contribution in [1.82, 2.24) is 0 Å². The number of esters is 1. The van der Waals surface area contributed by atoms with E-state index >= 15 is 0 Å². The van der Waals surface area contributed by atoms with Crippen LogP contribution in [0.4, 0.5) is 0 Å². The summed E-state index contributed by atoms with van der Waals surface area (Å²) in [6.07, 6.45) is 3.81. The highest BCUT2D eigenvalue weighted by molar-refractivity contribution is 5.87. The van der Waals surface area contributed by atoms with Gasteiger partial charge in [0, 0.05) is 12.5 Å². The molecule has 4 nitrogen and oxygen atoms in total. The van der Waals surface area contributed by atoms with E-state index in [0.29, 0.717) is 36.0 Å². The molecular formula is C30H26O4. The lowest BCUT2D eigenvalue weighted by Crippen LogP contribution is -2.04. The molecule has 0 aliphatic carbocycles. The average Bonchev–Trinajstić information content (AvgIpc) is 2.87. The maximum absolute atomic E-state index is 12.2. The summed E-state index contributed by atoms with van der Waals surface area (Å²) in [4.78, 5) is 12.2. The number of carbonyl (C=O) groups is 1. The van der Waals surface area contributed by atoms with Crippen LogP contribution in [0.3, 0.4) is 0 Å². The molecule has 0 fully saturated rings. The van der Waals surface area contributed by atoms with Gasteiger partial charge >= 0.3 is 5.97 Å². The fourth-order valence-electron chi connectivity index (χ4n) is 3.27. The summed E-state index contributed by atoms with van der Waals surface area (Å²) in [6.45, 7) is 2.36. The molecule has 4 aromatic carbocycles. The van der Waals surface area contributed by atoms with E-state index in [1.165, 1.54) is 6.08 Å². The minimum absolute atomic E-state index is 0.332. The summed E-state index contributed by atoms with van der Waals surface area (Å²) in [6, 6.07) is 32.8. The second-order valence-corrected chi connectivity index (χ2v) is 7.77. The predicted molar refractivity (Wildman–Crippen MR) is 134 cm³/mol. The zero-order chi connectivity index (χ0) is 23.6. The van der Waals surface area contributed by atoms with E-state index in [1.807, 2.05) is 110 Å². The molecule has 0 spiro atoms. The van der Waals surface area contributed by atoms with Gasteiger partial charge in [-0.3, -0.25) is 0 Å². The zero-order valence-corrected chi connectivity index (χ0v) is 19.0. The number of benzene rings is 4. The second-order valence-electron chi connectivity index (χ2n) is 7.77. The molecule has 4 rings (SSSR count). The van der Waals surface area contributed by atoms with Crippen molar-refractivity contribution in [1.29, 1.82) is 0 Å². The van der Waals surface area contributed by atoms with Crippen molar-refractivity contribution in [3.05, 3.63) is 126 Å². The molecule has 0 aliphatic heterocycles. The quantitative estimate of drug-likeness (QED) is 0.197. The van der Waals surface area contributed by atoms with Gasteiger partial charge in [0.15, 0.2) is 11.5 Å². The van der Waals surface area contributed by atoms with Gasteiger partial charge < -0.3 is 14.2 Å². The third-order valence-corrected chi connectivity index (χ3v) is 5.08. The summed E-state index contributed by atoms with van der Waals surface area (Å²) in [7, 11) is 0. The van der Waals surface area contributed by atoms with Crippen molar-refractivity contribution >= 4 is 12.0 Å². The number of hydrogen-bond acceptors (Lipinski definition) is 4. The first-order chi connectivity index (χ1) is 16.7. The fourth-order valence-corrected chi connectivity index (χ4v) is 3.27. The molecule has 0 saturated heterocycles. The Bertz CT molecular complexity index is 1230. The topological polar surface area (TPSA) is 44.8 Å². The summed E-state index contributed by atoms with van der Waals surface area (Å²) in [5, 5.41) is 0. The smallest absolute Gasteiger partial charge is 0.330 e. The van der Waals surface area contributed by atoms with Crippen LogP contribution < -0.4 is 9.47 Å². The van der Waals surface area contributed by atoms with E-state index in [0.717, 1.165) is 16.7 Å². The van der Waals surface area contributed by atoms with Crippen LogP contribution in [-0.4, -0.2) is 12.6 Å². The van der Waals surface area contributed by atoms with Crippen LogP contribution in [0, 0.1) is 6.92 Å². The monoisotopic (exact) mass is 450 g/mol. The van der Waals surface area contributed by atoms with Crippen LogP contribution in [0.15, 0.2) is 109 Å². The first kappa shape index (κ1) is 22.9. The summed E-state index contributed by atoms with van der Waals surface area (Å²) in [5.41, 5.74) is 3.08. The number of para-hydroxylation sites is 1. The molecule has 0 bridgehead atoms. The van der Waals surface area contributed by atoms with Crippen molar-refractivity contribution in [2.24, 2.45) is 0 Å². The van der Waals surface area contributed by atoms with E-state index in [1.54, 1.807) is 6.08 Å². The molecule has 0 amide bonds. The Morgan fingerprint density at radius 1 is 0.735 bits per heavy atom. The van der Waals surface area contributed by atoms with E-state index in [9.17, 15) is 4.79 Å². The lowest BCUT2D eigenvalue weighted by atomic mass is 10.1. The maximum atomic E-state index is 12.2. The van der Waals surface area contributed by atoms with E-state index < -0.39 is 0 Å². The van der Waals surface area contributed by atoms with Gasteiger partial charge in [-0.1, -0.05) is 72.3 Å². The molecule has 0 heterocycles. The fraction of sp³-hybridized carbons (Fsp3) is 0.100. The molecule has 0 N–H and O–H groups in total. The van der Waals surface area contributed by atoms with Crippen molar-refractivity contribution < 1.29 is 19.0 Å². The predicted octanol–water partition coefficient (Wildman–Crippen LogP) is 7.38. The van der Waals surface area contributed by atoms with Crippen LogP contribution in [0.1, 0.15) is 16.7 Å². The van der Waals surface area contributed by atoms with E-state index in [2.05, 4.69) is 0 Å². The Hall–Kier alpha value is -4.31. The molecule has 170 valence electrons. The summed E-state index contributed by atoms with van der Waals surface area (Å²) >= 11 is 0. The normalized spacial score (nSPS) is 10.7. The zero-order valence-electron chi connectivity index (χ0n) is 19.0. The van der Waals surface area contributed by atoms with Crippen molar-refractivity contribution in [3.63, 3.8) is 0 Å². The van der Waals surface area contributed by atoms with Crippen LogP contribution in [0.5, 0.6) is 23.0 Å². The largest absolute Gasteiger partial charge is 0.462 e. The van der Waals surface area contributed by atoms with Gasteiger partial charge in [0.1, 0.15) is 11.5 Å². The molecule has 0 radical (unpaired) electrons. The highest BCUT2D eigenvalue weighted by atomic mass is 16.5. The van der Waals surface area contributed by atoms with Gasteiger partial charge in [-0.15, -0.1) is 0 Å². The molecule has 0 saturated carbocycles. The molecule has 34 heavy (non-hydrogen) atoms. The molecule has 0 aliphatic rings. The number of rotatable bonds is 9. The summed E-state index contributed by atoms with van der Waals surface area (Å²) in [5.74, 6) is 2.15. The number of aryl methyl sites for hydroxylation is 1. The minimum Gasteiger partial charge on any atom is -0.462 e. The van der Waals surface area contributed by atoms with Crippen molar-refractivity contribution in [2.75, 3.05) is 6.61 Å². The lowest BCUT2D eigenvalue weighted by Gasteiger charge is -2.13. The van der Waals surface area contributed by atoms with Gasteiger partial charge in [0.25, 0.3) is 0 Å². The van der Waals surface area contributed by atoms with Crippen molar-refractivity contribution in [3.8, 4) is 23.0 Å². The van der Waals surface area contributed by atoms with Crippen LogP contribution in [-0.2, 0) is 16.0 Å². The van der Waals surface area contributed by atoms with E-state index in [-0.39, 0.29) is 5.97 Å². The highest BCUT2D eigenvalue weighted by Gasteiger charge is 2.09. The third-order valence-electron chi connectivity index (χ3n) is 5.08. The molecule has 4 heteroatoms. The highest BCUT2D eigenvalue weighted by Crippen LogP contribution is 2.36. The van der Waals surface area contributed by atoms with Gasteiger partial charge in [-0.2, -0.15) is 0 Å². The van der Waals surface area contributed by atoms with Crippen LogP contribution in [0.2, 0.25) is 0 Å². The standard InChI is InChI=1S/C30H26O4/c1-23-12-16-27(17-13-23)33-28-18-14-25(22-29(28)34-26-10-6-3-7-11-26)15-19-30(31)32-21-20-24-8-4-2-5-9-24/h2-19,22H,20-21H2,1H3/b19-15-. The average molecular weight is 451 g/mol. The Balaban J connectivity index is 1.45. The van der Waals surface area contributed by atoms with E-state index in [4.69, 9.17) is 14.2 Å². The molecule has 0 atom stereocenters. The maximum Gasteiger partial charge on any atom is 0.330 e. The van der Waals surface area contributed by atoms with Crippen LogP contribution in [0.25, 0.3) is 6.08 Å². The number of carbonyl (C=O) groups excluding carboxylic acids is 1. The SMILES string of the molecule is Cc1ccc(Oc2ccc(/C=C\C(=O)OCCc3ccccc3)cc2Oc2ccccc2)cc1. The lowest BCUT2D eigenvalue weighted by molar-refractivity contribution is -0.137. The van der Waals surface area contributed by atoms with Gasteiger partial charge in [-0.25, -0.2) is 4.79 Å². The second kappa shape index (κ2) is 11.5.